The molecular weight excluding hydrogens is 214 g/mol. The number of rotatable bonds is 1. The Hall–Kier alpha value is -1.52. The molecule has 0 N–H and O–H groups in total. The minimum atomic E-state index is -2.62. The van der Waals surface area contributed by atoms with Crippen molar-refractivity contribution >= 4 is 5.91 Å². The number of nitrogens with zero attached hydrogens (tertiary/aromatic N) is 2. The zero-order chi connectivity index (χ0) is 11.6. The molecule has 2 rings (SSSR count). The highest BCUT2D eigenvalue weighted by Gasteiger charge is 2.35. The second-order valence-corrected chi connectivity index (χ2v) is 3.88. The van der Waals surface area contributed by atoms with E-state index in [0.717, 1.165) is 0 Å². The van der Waals surface area contributed by atoms with Gasteiger partial charge in [-0.05, 0) is 12.1 Å². The molecule has 0 aliphatic carbocycles. The van der Waals surface area contributed by atoms with Crippen LogP contribution in [0.3, 0.4) is 0 Å². The lowest BCUT2D eigenvalue weighted by Crippen LogP contribution is -2.42. The van der Waals surface area contributed by atoms with Crippen molar-refractivity contribution in [2.45, 2.75) is 18.8 Å². The molecule has 0 unspecified atom stereocenters. The van der Waals surface area contributed by atoms with Gasteiger partial charge in [-0.25, -0.2) is 8.78 Å². The van der Waals surface area contributed by atoms with Crippen LogP contribution in [0.25, 0.3) is 0 Å². The van der Waals surface area contributed by atoms with Crippen LogP contribution in [0.5, 0.6) is 0 Å². The van der Waals surface area contributed by atoms with Gasteiger partial charge in [0.05, 0.1) is 0 Å². The van der Waals surface area contributed by atoms with Crippen LogP contribution in [-0.4, -0.2) is 34.8 Å². The van der Waals surface area contributed by atoms with E-state index >= 15 is 0 Å². The Bertz CT molecular complexity index is 371. The van der Waals surface area contributed by atoms with E-state index in [0.29, 0.717) is 5.56 Å². The average Bonchev–Trinajstić information content (AvgIpc) is 2.29. The molecular formula is C11H12F2N2O. The number of aromatic nitrogens is 1. The third-order valence-electron chi connectivity index (χ3n) is 2.71. The summed E-state index contributed by atoms with van der Waals surface area (Å²) in [6, 6.07) is 3.18. The van der Waals surface area contributed by atoms with Crippen LogP contribution in [0.15, 0.2) is 24.5 Å². The Morgan fingerprint density at radius 2 is 1.81 bits per heavy atom. The average molecular weight is 226 g/mol. The van der Waals surface area contributed by atoms with Crippen molar-refractivity contribution in [3.8, 4) is 0 Å². The maximum atomic E-state index is 12.9. The van der Waals surface area contributed by atoms with E-state index < -0.39 is 5.92 Å². The van der Waals surface area contributed by atoms with Gasteiger partial charge in [0.2, 0.25) is 0 Å². The van der Waals surface area contributed by atoms with Gasteiger partial charge in [-0.15, -0.1) is 0 Å². The van der Waals surface area contributed by atoms with Crippen molar-refractivity contribution in [3.05, 3.63) is 30.1 Å². The molecule has 1 aliphatic heterocycles. The second-order valence-electron chi connectivity index (χ2n) is 3.88. The van der Waals surface area contributed by atoms with Gasteiger partial charge < -0.3 is 4.90 Å². The van der Waals surface area contributed by atoms with Gasteiger partial charge in [-0.3, -0.25) is 9.78 Å². The van der Waals surface area contributed by atoms with Gasteiger partial charge in [0.25, 0.3) is 11.8 Å². The van der Waals surface area contributed by atoms with E-state index in [1.165, 1.54) is 17.3 Å². The first-order valence-electron chi connectivity index (χ1n) is 5.16. The largest absolute Gasteiger partial charge is 0.338 e. The molecule has 0 aromatic carbocycles. The molecule has 0 spiro atoms. The Labute approximate surface area is 92.1 Å². The van der Waals surface area contributed by atoms with Crippen LogP contribution in [0, 0.1) is 0 Å². The molecule has 0 saturated carbocycles. The number of amides is 1. The number of alkyl halides is 2. The van der Waals surface area contributed by atoms with E-state index in [1.807, 2.05) is 0 Å². The summed E-state index contributed by atoms with van der Waals surface area (Å²) < 4.78 is 25.8. The molecule has 1 aliphatic rings. The summed E-state index contributed by atoms with van der Waals surface area (Å²) in [6.07, 6.45) is 2.55. The first-order valence-corrected chi connectivity index (χ1v) is 5.16. The number of piperidine rings is 1. The van der Waals surface area contributed by atoms with Crippen molar-refractivity contribution < 1.29 is 13.6 Å². The van der Waals surface area contributed by atoms with Crippen molar-refractivity contribution in [2.75, 3.05) is 13.1 Å². The van der Waals surface area contributed by atoms with Crippen molar-refractivity contribution in [3.63, 3.8) is 0 Å². The third kappa shape index (κ3) is 2.35. The van der Waals surface area contributed by atoms with E-state index in [1.54, 1.807) is 12.1 Å². The van der Waals surface area contributed by atoms with E-state index in [9.17, 15) is 13.6 Å². The summed E-state index contributed by atoms with van der Waals surface area (Å²) in [5.41, 5.74) is 0.500. The first kappa shape index (κ1) is 11.0. The standard InChI is InChI=1S/C11H12F2N2O/c12-11(13)3-7-15(8-4-11)10(16)9-1-5-14-6-2-9/h1-2,5-6H,3-4,7-8H2. The fourth-order valence-corrected chi connectivity index (χ4v) is 1.71. The molecule has 1 aromatic rings. The van der Waals surface area contributed by atoms with E-state index in [4.69, 9.17) is 0 Å². The van der Waals surface area contributed by atoms with Crippen LogP contribution >= 0.6 is 0 Å². The number of hydrogen-bond acceptors (Lipinski definition) is 2. The highest BCUT2D eigenvalue weighted by molar-refractivity contribution is 5.94. The summed E-state index contributed by atoms with van der Waals surface area (Å²) in [6.45, 7) is 0.238. The van der Waals surface area contributed by atoms with Gasteiger partial charge in [-0.2, -0.15) is 0 Å². The van der Waals surface area contributed by atoms with E-state index in [-0.39, 0.29) is 31.8 Å². The number of carbonyl (C=O) groups excluding carboxylic acids is 1. The maximum Gasteiger partial charge on any atom is 0.253 e. The number of pyridine rings is 1. The predicted molar refractivity (Wildman–Crippen MR) is 54.3 cm³/mol. The lowest BCUT2D eigenvalue weighted by Gasteiger charge is -2.31. The minimum Gasteiger partial charge on any atom is -0.338 e. The summed E-state index contributed by atoms with van der Waals surface area (Å²) in [5, 5.41) is 0. The summed E-state index contributed by atoms with van der Waals surface area (Å²) >= 11 is 0. The Kier molecular flexibility index (Phi) is 2.85. The van der Waals surface area contributed by atoms with Crippen molar-refractivity contribution in [2.24, 2.45) is 0 Å². The predicted octanol–water partition coefficient (Wildman–Crippen LogP) is 1.95. The molecule has 5 heteroatoms. The Morgan fingerprint density at radius 3 is 2.38 bits per heavy atom. The normalized spacial score (nSPS) is 19.5. The lowest BCUT2D eigenvalue weighted by atomic mass is 10.1. The van der Waals surface area contributed by atoms with Crippen molar-refractivity contribution in [1.82, 2.24) is 9.88 Å². The quantitative estimate of drug-likeness (QED) is 0.733. The third-order valence-corrected chi connectivity index (χ3v) is 2.71. The molecule has 0 bridgehead atoms. The van der Waals surface area contributed by atoms with Crippen LogP contribution in [0.4, 0.5) is 8.78 Å². The topological polar surface area (TPSA) is 33.2 Å². The van der Waals surface area contributed by atoms with Crippen LogP contribution in [0.2, 0.25) is 0 Å². The monoisotopic (exact) mass is 226 g/mol. The first-order chi connectivity index (χ1) is 7.58. The molecule has 0 radical (unpaired) electrons. The lowest BCUT2D eigenvalue weighted by molar-refractivity contribution is -0.0494. The van der Waals surface area contributed by atoms with E-state index in [2.05, 4.69) is 4.98 Å². The molecule has 86 valence electrons. The van der Waals surface area contributed by atoms with Crippen LogP contribution < -0.4 is 0 Å². The fraction of sp³-hybridized carbons (Fsp3) is 0.455. The summed E-state index contributed by atoms with van der Waals surface area (Å²) in [5.74, 6) is -2.81. The summed E-state index contributed by atoms with van der Waals surface area (Å²) in [7, 11) is 0. The van der Waals surface area contributed by atoms with Gasteiger partial charge >= 0.3 is 0 Å². The van der Waals surface area contributed by atoms with Gasteiger partial charge in [0.1, 0.15) is 0 Å². The van der Waals surface area contributed by atoms with Crippen LogP contribution in [0.1, 0.15) is 23.2 Å². The van der Waals surface area contributed by atoms with Gasteiger partial charge in [0, 0.05) is 43.9 Å². The number of likely N-dealkylation sites (tertiary alicyclic amines) is 1. The number of carbonyl (C=O) groups is 1. The maximum absolute atomic E-state index is 12.9. The smallest absolute Gasteiger partial charge is 0.253 e. The second kappa shape index (κ2) is 4.15. The van der Waals surface area contributed by atoms with Gasteiger partial charge in [0.15, 0.2) is 0 Å². The van der Waals surface area contributed by atoms with Gasteiger partial charge in [-0.1, -0.05) is 0 Å². The number of halogens is 2. The molecule has 1 saturated heterocycles. The minimum absolute atomic E-state index is 0.119. The Morgan fingerprint density at radius 1 is 1.25 bits per heavy atom. The summed E-state index contributed by atoms with van der Waals surface area (Å²) in [4.78, 5) is 17.1. The zero-order valence-corrected chi connectivity index (χ0v) is 8.70. The molecule has 1 amide bonds. The fourth-order valence-electron chi connectivity index (χ4n) is 1.71. The number of hydrogen-bond donors (Lipinski definition) is 0. The molecule has 1 aromatic heterocycles. The SMILES string of the molecule is O=C(c1ccncc1)N1CCC(F)(F)CC1. The zero-order valence-electron chi connectivity index (χ0n) is 8.70. The highest BCUT2D eigenvalue weighted by Crippen LogP contribution is 2.28. The molecule has 0 atom stereocenters. The molecule has 16 heavy (non-hydrogen) atoms. The van der Waals surface area contributed by atoms with Crippen molar-refractivity contribution in [1.29, 1.82) is 0 Å². The highest BCUT2D eigenvalue weighted by atomic mass is 19.3. The molecule has 1 fully saturated rings. The Balaban J connectivity index is 2.03. The van der Waals surface area contributed by atoms with Crippen LogP contribution in [-0.2, 0) is 0 Å². The molecule has 2 heterocycles. The molecule has 3 nitrogen and oxygen atoms in total.